The normalized spacial score (nSPS) is 11.0. The molecule has 0 N–H and O–H groups in total. The summed E-state index contributed by atoms with van der Waals surface area (Å²) in [5.41, 5.74) is 1.26. The molecule has 0 spiro atoms. The SMILES string of the molecule is CCOC(=O)CN(c1cccc(C(=O)OCC)c1)S(=O)(=O)c1ccc(C)cc1. The highest BCUT2D eigenvalue weighted by molar-refractivity contribution is 7.92. The molecule has 8 heteroatoms. The van der Waals surface area contributed by atoms with Crippen molar-refractivity contribution in [3.63, 3.8) is 0 Å². The minimum atomic E-state index is -4.06. The van der Waals surface area contributed by atoms with Crippen molar-refractivity contribution < 1.29 is 27.5 Å². The van der Waals surface area contributed by atoms with Crippen molar-refractivity contribution in [1.82, 2.24) is 0 Å². The molecule has 7 nitrogen and oxygen atoms in total. The van der Waals surface area contributed by atoms with Gasteiger partial charge in [-0.15, -0.1) is 0 Å². The summed E-state index contributed by atoms with van der Waals surface area (Å²) in [6.45, 7) is 4.96. The smallest absolute Gasteiger partial charge is 0.338 e. The largest absolute Gasteiger partial charge is 0.465 e. The molecule has 2 aromatic carbocycles. The van der Waals surface area contributed by atoms with Gasteiger partial charge in [0.25, 0.3) is 10.0 Å². The number of hydrogen-bond donors (Lipinski definition) is 0. The average Bonchev–Trinajstić information content (AvgIpc) is 2.67. The molecule has 0 amide bonds. The van der Waals surface area contributed by atoms with E-state index in [1.165, 1.54) is 36.4 Å². The van der Waals surface area contributed by atoms with Gasteiger partial charge in [-0.25, -0.2) is 13.2 Å². The van der Waals surface area contributed by atoms with Gasteiger partial charge < -0.3 is 9.47 Å². The second-order valence-corrected chi connectivity index (χ2v) is 7.76. The van der Waals surface area contributed by atoms with E-state index in [0.29, 0.717) is 0 Å². The van der Waals surface area contributed by atoms with E-state index in [2.05, 4.69) is 0 Å². The fourth-order valence-electron chi connectivity index (χ4n) is 2.48. The molecule has 0 aliphatic heterocycles. The zero-order chi connectivity index (χ0) is 20.7. The molecule has 0 unspecified atom stereocenters. The van der Waals surface area contributed by atoms with E-state index in [9.17, 15) is 18.0 Å². The number of carbonyl (C=O) groups excluding carboxylic acids is 2. The maximum Gasteiger partial charge on any atom is 0.338 e. The van der Waals surface area contributed by atoms with Crippen LogP contribution in [0.5, 0.6) is 0 Å². The lowest BCUT2D eigenvalue weighted by molar-refractivity contribution is -0.141. The second kappa shape index (κ2) is 9.36. The molecule has 0 aliphatic rings. The molecule has 0 bridgehead atoms. The molecule has 0 radical (unpaired) electrons. The summed E-state index contributed by atoms with van der Waals surface area (Å²) < 4.78 is 37.2. The number of esters is 2. The number of benzene rings is 2. The Morgan fingerprint density at radius 3 is 2.21 bits per heavy atom. The van der Waals surface area contributed by atoms with Crippen LogP contribution in [0.3, 0.4) is 0 Å². The molecule has 28 heavy (non-hydrogen) atoms. The molecule has 0 saturated heterocycles. The van der Waals surface area contributed by atoms with Crippen molar-refractivity contribution in [1.29, 1.82) is 0 Å². The van der Waals surface area contributed by atoms with Crippen LogP contribution in [0.4, 0.5) is 5.69 Å². The Bertz CT molecular complexity index is 937. The van der Waals surface area contributed by atoms with E-state index in [1.807, 2.05) is 6.92 Å². The third-order valence-electron chi connectivity index (χ3n) is 3.83. The van der Waals surface area contributed by atoms with Crippen LogP contribution >= 0.6 is 0 Å². The van der Waals surface area contributed by atoms with Gasteiger partial charge in [0.1, 0.15) is 6.54 Å². The molecule has 0 fully saturated rings. The van der Waals surface area contributed by atoms with Crippen LogP contribution in [0.2, 0.25) is 0 Å². The Hall–Kier alpha value is -2.87. The van der Waals surface area contributed by atoms with Crippen molar-refractivity contribution in [3.05, 3.63) is 59.7 Å². The summed E-state index contributed by atoms with van der Waals surface area (Å²) in [5, 5.41) is 0. The summed E-state index contributed by atoms with van der Waals surface area (Å²) in [4.78, 5) is 24.1. The summed E-state index contributed by atoms with van der Waals surface area (Å²) in [6, 6.07) is 12.2. The van der Waals surface area contributed by atoms with Gasteiger partial charge in [-0.05, 0) is 51.1 Å². The van der Waals surface area contributed by atoms with Crippen molar-refractivity contribution >= 4 is 27.6 Å². The van der Waals surface area contributed by atoms with Gasteiger partial charge in [0.15, 0.2) is 0 Å². The molecule has 2 aromatic rings. The topological polar surface area (TPSA) is 90.0 Å². The first kappa shape index (κ1) is 21.4. The fourth-order valence-corrected chi connectivity index (χ4v) is 3.88. The van der Waals surface area contributed by atoms with Crippen LogP contribution in [-0.4, -0.2) is 40.1 Å². The number of ether oxygens (including phenoxy) is 2. The quantitative estimate of drug-likeness (QED) is 0.627. The first-order chi connectivity index (χ1) is 13.3. The summed E-state index contributed by atoms with van der Waals surface area (Å²) in [7, 11) is -4.06. The molecule has 0 aliphatic carbocycles. The number of rotatable bonds is 8. The molecular formula is C20H23NO6S. The highest BCUT2D eigenvalue weighted by Gasteiger charge is 2.28. The lowest BCUT2D eigenvalue weighted by atomic mass is 10.2. The Kier molecular flexibility index (Phi) is 7.17. The predicted octanol–water partition coefficient (Wildman–Crippen LogP) is 2.93. The number of anilines is 1. The molecule has 0 saturated carbocycles. The second-order valence-electron chi connectivity index (χ2n) is 5.90. The highest BCUT2D eigenvalue weighted by atomic mass is 32.2. The molecule has 0 aromatic heterocycles. The van der Waals surface area contributed by atoms with Crippen molar-refractivity contribution in [2.45, 2.75) is 25.7 Å². The highest BCUT2D eigenvalue weighted by Crippen LogP contribution is 2.25. The monoisotopic (exact) mass is 405 g/mol. The lowest BCUT2D eigenvalue weighted by Crippen LogP contribution is -2.36. The Morgan fingerprint density at radius 2 is 1.61 bits per heavy atom. The van der Waals surface area contributed by atoms with Gasteiger partial charge in [-0.2, -0.15) is 0 Å². The minimum Gasteiger partial charge on any atom is -0.465 e. The van der Waals surface area contributed by atoms with Crippen LogP contribution in [-0.2, 0) is 24.3 Å². The third kappa shape index (κ3) is 5.10. The van der Waals surface area contributed by atoms with Crippen LogP contribution < -0.4 is 4.31 Å². The van der Waals surface area contributed by atoms with E-state index >= 15 is 0 Å². The molecular weight excluding hydrogens is 382 g/mol. The van der Waals surface area contributed by atoms with Gasteiger partial charge in [0, 0.05) is 0 Å². The predicted molar refractivity (Wildman–Crippen MR) is 105 cm³/mol. The standard InChI is InChI=1S/C20H23NO6S/c1-4-26-19(22)14-21(28(24,25)18-11-9-15(3)10-12-18)17-8-6-7-16(13-17)20(23)27-5-2/h6-13H,4-5,14H2,1-3H3. The maximum atomic E-state index is 13.2. The fraction of sp³-hybridized carbons (Fsp3) is 0.300. The minimum absolute atomic E-state index is 0.0314. The van der Waals surface area contributed by atoms with Gasteiger partial charge in [-0.1, -0.05) is 23.8 Å². The van der Waals surface area contributed by atoms with Gasteiger partial charge in [-0.3, -0.25) is 9.10 Å². The number of hydrogen-bond acceptors (Lipinski definition) is 6. The van der Waals surface area contributed by atoms with E-state index in [0.717, 1.165) is 9.87 Å². The zero-order valence-electron chi connectivity index (χ0n) is 16.0. The lowest BCUT2D eigenvalue weighted by Gasteiger charge is -2.24. The molecule has 2 rings (SSSR count). The average molecular weight is 405 g/mol. The van der Waals surface area contributed by atoms with Crippen LogP contribution in [0.15, 0.2) is 53.4 Å². The first-order valence-electron chi connectivity index (χ1n) is 8.81. The zero-order valence-corrected chi connectivity index (χ0v) is 16.9. The Labute approximate surface area is 164 Å². The van der Waals surface area contributed by atoms with Crippen molar-refractivity contribution in [3.8, 4) is 0 Å². The van der Waals surface area contributed by atoms with Gasteiger partial charge in [0.05, 0.1) is 29.4 Å². The van der Waals surface area contributed by atoms with E-state index < -0.39 is 28.5 Å². The van der Waals surface area contributed by atoms with Crippen molar-refractivity contribution in [2.24, 2.45) is 0 Å². The van der Waals surface area contributed by atoms with E-state index in [4.69, 9.17) is 9.47 Å². The van der Waals surface area contributed by atoms with Gasteiger partial charge >= 0.3 is 11.9 Å². The van der Waals surface area contributed by atoms with Crippen LogP contribution in [0.25, 0.3) is 0 Å². The number of sulfonamides is 1. The number of nitrogens with zero attached hydrogens (tertiary/aromatic N) is 1. The molecule has 150 valence electrons. The summed E-state index contributed by atoms with van der Waals surface area (Å²) in [5.74, 6) is -1.27. The first-order valence-corrected chi connectivity index (χ1v) is 10.3. The summed E-state index contributed by atoms with van der Waals surface area (Å²) in [6.07, 6.45) is 0. The number of aryl methyl sites for hydroxylation is 1. The van der Waals surface area contributed by atoms with Crippen LogP contribution in [0, 0.1) is 6.92 Å². The van der Waals surface area contributed by atoms with Crippen molar-refractivity contribution in [2.75, 3.05) is 24.1 Å². The number of carbonyl (C=O) groups is 2. The van der Waals surface area contributed by atoms with Crippen LogP contribution in [0.1, 0.15) is 29.8 Å². The van der Waals surface area contributed by atoms with E-state index in [-0.39, 0.29) is 29.4 Å². The molecule has 0 heterocycles. The Morgan fingerprint density at radius 1 is 0.964 bits per heavy atom. The third-order valence-corrected chi connectivity index (χ3v) is 5.62. The molecule has 0 atom stereocenters. The van der Waals surface area contributed by atoms with Gasteiger partial charge in [0.2, 0.25) is 0 Å². The van der Waals surface area contributed by atoms with E-state index in [1.54, 1.807) is 26.0 Å². The summed E-state index contributed by atoms with van der Waals surface area (Å²) >= 11 is 0. The Balaban J connectivity index is 2.50. The maximum absolute atomic E-state index is 13.2.